The Morgan fingerprint density at radius 3 is 2.46 bits per heavy atom. The molecule has 0 aliphatic carbocycles. The van der Waals surface area contributed by atoms with Gasteiger partial charge in [0.15, 0.2) is 11.4 Å². The molecule has 0 fully saturated rings. The van der Waals surface area contributed by atoms with E-state index in [4.69, 9.17) is 4.74 Å². The smallest absolute Gasteiger partial charge is 0.329 e. The lowest BCUT2D eigenvalue weighted by Crippen LogP contribution is -2.27. The minimum atomic E-state index is -0.822. The minimum Gasteiger partial charge on any atom is -0.505 e. The lowest BCUT2D eigenvalue weighted by atomic mass is 10.1. The molecular weight excluding hydrogens is 336 g/mol. The number of carbonyl (C=O) groups is 2. The van der Waals surface area contributed by atoms with Gasteiger partial charge in [-0.2, -0.15) is 5.48 Å². The fourth-order valence-electron chi connectivity index (χ4n) is 2.46. The maximum absolute atomic E-state index is 12.1. The largest absolute Gasteiger partial charge is 0.505 e. The Morgan fingerprint density at radius 1 is 1.04 bits per heavy atom. The van der Waals surface area contributed by atoms with E-state index in [9.17, 15) is 14.7 Å². The minimum absolute atomic E-state index is 0.242. The Bertz CT molecular complexity index is 986. The van der Waals surface area contributed by atoms with E-state index in [1.807, 2.05) is 23.7 Å². The molecular formula is C19H16N2O5. The van der Waals surface area contributed by atoms with E-state index in [2.05, 4.69) is 9.82 Å². The van der Waals surface area contributed by atoms with E-state index in [0.717, 1.165) is 6.92 Å². The van der Waals surface area contributed by atoms with Gasteiger partial charge >= 0.3 is 11.9 Å². The molecule has 0 saturated carbocycles. The number of aryl methyl sites for hydroxylation is 1. The Morgan fingerprint density at radius 2 is 1.77 bits per heavy atom. The van der Waals surface area contributed by atoms with Crippen molar-refractivity contribution in [2.75, 3.05) is 0 Å². The summed E-state index contributed by atoms with van der Waals surface area (Å²) in [7, 11) is 0. The van der Waals surface area contributed by atoms with Crippen LogP contribution in [0.1, 0.15) is 23.1 Å². The highest BCUT2D eigenvalue weighted by Crippen LogP contribution is 2.33. The van der Waals surface area contributed by atoms with Crippen LogP contribution in [0.4, 0.5) is 0 Å². The highest BCUT2D eigenvalue weighted by molar-refractivity contribution is 6.02. The quantitative estimate of drug-likeness (QED) is 0.702. The van der Waals surface area contributed by atoms with Gasteiger partial charge in [0.2, 0.25) is 0 Å². The number of aromatic hydroxyl groups is 1. The number of hydroxylamine groups is 1. The Labute approximate surface area is 149 Å². The SMILES string of the molecule is CC(=O)ONC(=O)c1nc(C)c2ccc(Oc3ccccc3)cc2c1O. The maximum Gasteiger partial charge on any atom is 0.329 e. The van der Waals surface area contributed by atoms with E-state index < -0.39 is 11.9 Å². The van der Waals surface area contributed by atoms with Gasteiger partial charge in [0.05, 0.1) is 0 Å². The number of fused-ring (bicyclic) bond motifs is 1. The second kappa shape index (κ2) is 7.10. The van der Waals surface area contributed by atoms with E-state index in [1.54, 1.807) is 37.3 Å². The Hall–Kier alpha value is -3.61. The van der Waals surface area contributed by atoms with Crippen LogP contribution < -0.4 is 10.2 Å². The lowest BCUT2D eigenvalue weighted by Gasteiger charge is -2.12. The summed E-state index contributed by atoms with van der Waals surface area (Å²) in [6.45, 7) is 2.86. The van der Waals surface area contributed by atoms with Gasteiger partial charge in [0.25, 0.3) is 0 Å². The molecule has 0 radical (unpaired) electrons. The first kappa shape index (κ1) is 17.2. The van der Waals surface area contributed by atoms with Crippen LogP contribution in [0.3, 0.4) is 0 Å². The predicted octanol–water partition coefficient (Wildman–Crippen LogP) is 3.25. The normalized spacial score (nSPS) is 10.4. The van der Waals surface area contributed by atoms with E-state index in [0.29, 0.717) is 28.0 Å². The van der Waals surface area contributed by atoms with Gasteiger partial charge in [0, 0.05) is 23.4 Å². The molecule has 0 aliphatic rings. The number of ether oxygens (including phenoxy) is 1. The van der Waals surface area contributed by atoms with Crippen molar-refractivity contribution in [3.63, 3.8) is 0 Å². The van der Waals surface area contributed by atoms with Crippen LogP contribution >= 0.6 is 0 Å². The van der Waals surface area contributed by atoms with E-state index in [1.165, 1.54) is 0 Å². The first-order valence-corrected chi connectivity index (χ1v) is 7.79. The van der Waals surface area contributed by atoms with Crippen LogP contribution in [-0.4, -0.2) is 22.0 Å². The van der Waals surface area contributed by atoms with Gasteiger partial charge in [-0.05, 0) is 37.3 Å². The molecule has 3 aromatic rings. The summed E-state index contributed by atoms with van der Waals surface area (Å²) >= 11 is 0. The van der Waals surface area contributed by atoms with Crippen molar-refractivity contribution < 1.29 is 24.3 Å². The van der Waals surface area contributed by atoms with Crippen molar-refractivity contribution in [3.05, 3.63) is 59.9 Å². The van der Waals surface area contributed by atoms with Crippen molar-refractivity contribution in [1.29, 1.82) is 0 Å². The van der Waals surface area contributed by atoms with Gasteiger partial charge in [-0.15, -0.1) is 0 Å². The van der Waals surface area contributed by atoms with Crippen LogP contribution in [0, 0.1) is 6.92 Å². The third kappa shape index (κ3) is 3.56. The van der Waals surface area contributed by atoms with Gasteiger partial charge < -0.3 is 14.7 Å². The zero-order valence-electron chi connectivity index (χ0n) is 14.1. The summed E-state index contributed by atoms with van der Waals surface area (Å²) in [6.07, 6.45) is 0. The standard InChI is InChI=1S/C19H16N2O5/c1-11-15-9-8-14(25-13-6-4-3-5-7-13)10-16(15)18(23)17(20-11)19(24)21-26-12(2)22/h3-10,23H,1-2H3,(H,21,24). The van der Waals surface area contributed by atoms with Crippen LogP contribution in [-0.2, 0) is 9.63 Å². The van der Waals surface area contributed by atoms with Crippen molar-refractivity contribution in [2.45, 2.75) is 13.8 Å². The molecule has 1 aromatic heterocycles. The molecule has 7 heteroatoms. The first-order valence-electron chi connectivity index (χ1n) is 7.79. The molecule has 0 atom stereocenters. The third-order valence-electron chi connectivity index (χ3n) is 3.62. The average Bonchev–Trinajstić information content (AvgIpc) is 2.63. The topological polar surface area (TPSA) is 97.8 Å². The maximum atomic E-state index is 12.1. The molecule has 0 bridgehead atoms. The second-order valence-corrected chi connectivity index (χ2v) is 5.54. The fraction of sp³-hybridized carbons (Fsp3) is 0.105. The van der Waals surface area contributed by atoms with Crippen molar-refractivity contribution in [2.24, 2.45) is 0 Å². The molecule has 3 rings (SSSR count). The summed E-state index contributed by atoms with van der Waals surface area (Å²) in [6, 6.07) is 14.3. The second-order valence-electron chi connectivity index (χ2n) is 5.54. The monoisotopic (exact) mass is 352 g/mol. The van der Waals surface area contributed by atoms with E-state index >= 15 is 0 Å². The number of hydrogen-bond acceptors (Lipinski definition) is 6. The van der Waals surface area contributed by atoms with E-state index in [-0.39, 0.29) is 11.4 Å². The lowest BCUT2D eigenvalue weighted by molar-refractivity contribution is -0.146. The van der Waals surface area contributed by atoms with Gasteiger partial charge in [0.1, 0.15) is 11.5 Å². The predicted molar refractivity (Wildman–Crippen MR) is 93.9 cm³/mol. The first-order chi connectivity index (χ1) is 12.5. The van der Waals surface area contributed by atoms with Gasteiger partial charge in [-0.1, -0.05) is 18.2 Å². The van der Waals surface area contributed by atoms with Crippen LogP contribution in [0.5, 0.6) is 17.2 Å². The molecule has 0 unspecified atom stereocenters. The molecule has 0 spiro atoms. The molecule has 0 aliphatic heterocycles. The molecule has 132 valence electrons. The zero-order chi connectivity index (χ0) is 18.7. The number of amides is 1. The summed E-state index contributed by atoms with van der Waals surface area (Å²) < 4.78 is 5.76. The molecule has 0 saturated heterocycles. The number of para-hydroxylation sites is 1. The van der Waals surface area contributed by atoms with Crippen LogP contribution in [0.25, 0.3) is 10.8 Å². The van der Waals surface area contributed by atoms with Crippen molar-refractivity contribution in [1.82, 2.24) is 10.5 Å². The van der Waals surface area contributed by atoms with Crippen LogP contribution in [0.2, 0.25) is 0 Å². The number of hydrogen-bond donors (Lipinski definition) is 2. The molecule has 1 amide bonds. The number of benzene rings is 2. The van der Waals surface area contributed by atoms with Gasteiger partial charge in [-0.3, -0.25) is 9.59 Å². The zero-order valence-corrected chi connectivity index (χ0v) is 14.1. The molecule has 7 nitrogen and oxygen atoms in total. The van der Waals surface area contributed by atoms with Crippen LogP contribution in [0.15, 0.2) is 48.5 Å². The summed E-state index contributed by atoms with van der Waals surface area (Å²) in [5.41, 5.74) is 2.24. The summed E-state index contributed by atoms with van der Waals surface area (Å²) in [4.78, 5) is 31.5. The number of pyridine rings is 1. The number of carbonyl (C=O) groups excluding carboxylic acids is 2. The highest BCUT2D eigenvalue weighted by Gasteiger charge is 2.19. The molecule has 2 aromatic carbocycles. The number of aromatic nitrogens is 1. The fourth-order valence-corrected chi connectivity index (χ4v) is 2.46. The summed E-state index contributed by atoms with van der Waals surface area (Å²) in [5, 5.41) is 11.6. The highest BCUT2D eigenvalue weighted by atomic mass is 16.7. The summed E-state index contributed by atoms with van der Waals surface area (Å²) in [5.74, 6) is -0.694. The number of nitrogens with one attached hydrogen (secondary N) is 1. The number of nitrogens with zero attached hydrogens (tertiary/aromatic N) is 1. The Kier molecular flexibility index (Phi) is 4.70. The van der Waals surface area contributed by atoms with Crippen molar-refractivity contribution >= 4 is 22.6 Å². The molecule has 1 heterocycles. The molecule has 26 heavy (non-hydrogen) atoms. The molecule has 2 N–H and O–H groups in total. The van der Waals surface area contributed by atoms with Crippen molar-refractivity contribution in [3.8, 4) is 17.2 Å². The third-order valence-corrected chi connectivity index (χ3v) is 3.62. The average molecular weight is 352 g/mol. The number of rotatable bonds is 3. The Balaban J connectivity index is 2.00. The van der Waals surface area contributed by atoms with Gasteiger partial charge in [-0.25, -0.2) is 4.98 Å².